The quantitative estimate of drug-likeness (QED) is 0.506. The first kappa shape index (κ1) is 23.0. The Kier molecular flexibility index (Phi) is 5.55. The molecule has 0 aliphatic carbocycles. The number of carbonyl (C=O) groups excluding carboxylic acids is 1. The standard InChI is InChI=1S/C25H26F2N6O2/c1-25(2)10-14-4-5-17(26)20(21(14)35-25)31-23-16(22(28)34)11-29-24(32-23)30-19-9-15-12-33(3)7-6-13(15)8-18(19)27/h4-5,8-9,11H,6-7,10,12H2,1-3H3,(H2,28,34)(H2,29,30,31,32). The highest BCUT2D eigenvalue weighted by atomic mass is 19.1. The van der Waals surface area contributed by atoms with Crippen LogP contribution in [0.15, 0.2) is 30.5 Å². The Balaban J connectivity index is 1.50. The molecule has 0 radical (unpaired) electrons. The van der Waals surface area contributed by atoms with Gasteiger partial charge in [0.05, 0.1) is 5.69 Å². The van der Waals surface area contributed by atoms with Crippen molar-refractivity contribution < 1.29 is 18.3 Å². The fraction of sp³-hybridized carbons (Fsp3) is 0.320. The first-order valence-corrected chi connectivity index (χ1v) is 11.3. The number of likely N-dealkylation sites (N-methyl/N-ethyl adjacent to an activating group) is 1. The van der Waals surface area contributed by atoms with Gasteiger partial charge < -0.3 is 26.0 Å². The van der Waals surface area contributed by atoms with Crippen LogP contribution >= 0.6 is 0 Å². The highest BCUT2D eigenvalue weighted by molar-refractivity contribution is 5.98. The third kappa shape index (κ3) is 4.49. The number of amides is 1. The molecule has 10 heteroatoms. The van der Waals surface area contributed by atoms with Gasteiger partial charge in [-0.05, 0) is 56.6 Å². The van der Waals surface area contributed by atoms with E-state index in [0.29, 0.717) is 18.7 Å². The number of hydrogen-bond acceptors (Lipinski definition) is 7. The second-order valence-electron chi connectivity index (χ2n) is 9.61. The molecular formula is C25H26F2N6O2. The lowest BCUT2D eigenvalue weighted by Crippen LogP contribution is -2.26. The molecule has 1 amide bonds. The molecule has 1 aromatic heterocycles. The predicted octanol–water partition coefficient (Wildman–Crippen LogP) is 4.04. The molecule has 0 saturated carbocycles. The lowest BCUT2D eigenvalue weighted by Gasteiger charge is -2.25. The topological polar surface area (TPSA) is 105 Å². The van der Waals surface area contributed by atoms with Crippen molar-refractivity contribution in [3.63, 3.8) is 0 Å². The van der Waals surface area contributed by atoms with Gasteiger partial charge in [-0.2, -0.15) is 4.98 Å². The fourth-order valence-corrected chi connectivity index (χ4v) is 4.52. The molecule has 5 rings (SSSR count). The molecule has 0 spiro atoms. The number of fused-ring (bicyclic) bond motifs is 2. The van der Waals surface area contributed by atoms with Gasteiger partial charge in [-0.1, -0.05) is 6.07 Å². The summed E-state index contributed by atoms with van der Waals surface area (Å²) < 4.78 is 35.6. The number of rotatable bonds is 5. The zero-order valence-corrected chi connectivity index (χ0v) is 19.7. The van der Waals surface area contributed by atoms with E-state index in [-0.39, 0.29) is 28.7 Å². The molecule has 0 fully saturated rings. The molecule has 0 saturated heterocycles. The van der Waals surface area contributed by atoms with Gasteiger partial charge in [0.1, 0.15) is 34.2 Å². The van der Waals surface area contributed by atoms with Gasteiger partial charge in [-0.25, -0.2) is 13.8 Å². The maximum Gasteiger partial charge on any atom is 0.254 e. The normalized spacial score (nSPS) is 16.3. The summed E-state index contributed by atoms with van der Waals surface area (Å²) in [5.74, 6) is -1.45. The number of carbonyl (C=O) groups is 1. The zero-order valence-electron chi connectivity index (χ0n) is 19.7. The minimum atomic E-state index is -0.795. The molecule has 4 N–H and O–H groups in total. The van der Waals surface area contributed by atoms with Crippen LogP contribution in [0.5, 0.6) is 5.75 Å². The van der Waals surface area contributed by atoms with Crippen molar-refractivity contribution in [2.24, 2.45) is 5.73 Å². The molecule has 0 unspecified atom stereocenters. The second-order valence-corrected chi connectivity index (χ2v) is 9.61. The van der Waals surface area contributed by atoms with E-state index in [1.807, 2.05) is 20.9 Å². The van der Waals surface area contributed by atoms with Gasteiger partial charge >= 0.3 is 0 Å². The SMILES string of the molecule is CN1CCc2cc(F)c(Nc3ncc(C(N)=O)c(Nc4c(F)ccc5c4OC(C)(C)C5)n3)cc2C1. The van der Waals surface area contributed by atoms with Gasteiger partial charge in [0, 0.05) is 31.3 Å². The average molecular weight is 481 g/mol. The lowest BCUT2D eigenvalue weighted by molar-refractivity contribution is 0.100. The van der Waals surface area contributed by atoms with Crippen molar-refractivity contribution >= 4 is 29.0 Å². The minimum Gasteiger partial charge on any atom is -0.485 e. The Hall–Kier alpha value is -3.79. The summed E-state index contributed by atoms with van der Waals surface area (Å²) in [7, 11) is 2.01. The lowest BCUT2D eigenvalue weighted by atomic mass is 9.99. The van der Waals surface area contributed by atoms with E-state index >= 15 is 0 Å². The number of nitrogens with two attached hydrogens (primary N) is 1. The number of nitrogens with zero attached hydrogens (tertiary/aromatic N) is 3. The van der Waals surface area contributed by atoms with E-state index in [4.69, 9.17) is 10.5 Å². The molecule has 3 heterocycles. The summed E-state index contributed by atoms with van der Waals surface area (Å²) in [4.78, 5) is 22.6. The van der Waals surface area contributed by atoms with Crippen LogP contribution in [0.1, 0.15) is 40.9 Å². The summed E-state index contributed by atoms with van der Waals surface area (Å²) in [6.07, 6.45) is 2.59. The van der Waals surface area contributed by atoms with E-state index in [1.54, 1.807) is 12.1 Å². The van der Waals surface area contributed by atoms with Crippen molar-refractivity contribution in [1.82, 2.24) is 14.9 Å². The summed E-state index contributed by atoms with van der Waals surface area (Å²) in [5, 5.41) is 5.74. The first-order valence-electron chi connectivity index (χ1n) is 11.3. The van der Waals surface area contributed by atoms with Crippen LogP contribution in [0.25, 0.3) is 0 Å². The number of ether oxygens (including phenoxy) is 1. The third-order valence-corrected chi connectivity index (χ3v) is 6.22. The molecule has 2 aliphatic rings. The number of nitrogens with one attached hydrogen (secondary N) is 2. The molecule has 0 atom stereocenters. The Morgan fingerprint density at radius 3 is 2.71 bits per heavy atom. The molecule has 2 aromatic carbocycles. The number of anilines is 4. The van der Waals surface area contributed by atoms with Crippen LogP contribution in [0.4, 0.5) is 31.9 Å². The van der Waals surface area contributed by atoms with Crippen molar-refractivity contribution in [1.29, 1.82) is 0 Å². The highest BCUT2D eigenvalue weighted by Crippen LogP contribution is 2.43. The molecular weight excluding hydrogens is 454 g/mol. The Bertz CT molecular complexity index is 1340. The molecule has 182 valence electrons. The minimum absolute atomic E-state index is 0.0197. The third-order valence-electron chi connectivity index (χ3n) is 6.22. The zero-order chi connectivity index (χ0) is 24.9. The van der Waals surface area contributed by atoms with E-state index in [1.165, 1.54) is 18.3 Å². The van der Waals surface area contributed by atoms with E-state index in [0.717, 1.165) is 29.7 Å². The first-order chi connectivity index (χ1) is 16.6. The molecule has 2 aliphatic heterocycles. The Labute approximate surface area is 201 Å². The maximum absolute atomic E-state index is 14.8. The number of aromatic nitrogens is 2. The number of benzene rings is 2. The summed E-state index contributed by atoms with van der Waals surface area (Å²) in [5.41, 5.74) is 8.01. The van der Waals surface area contributed by atoms with Crippen LogP contribution in [-0.4, -0.2) is 40.0 Å². The highest BCUT2D eigenvalue weighted by Gasteiger charge is 2.33. The van der Waals surface area contributed by atoms with Crippen LogP contribution in [0, 0.1) is 11.6 Å². The maximum atomic E-state index is 14.8. The summed E-state index contributed by atoms with van der Waals surface area (Å²) in [6, 6.07) is 6.25. The number of primary amides is 1. The molecule has 3 aromatic rings. The van der Waals surface area contributed by atoms with Crippen molar-refractivity contribution in [2.45, 2.75) is 38.8 Å². The van der Waals surface area contributed by atoms with Gasteiger partial charge in [0.15, 0.2) is 5.82 Å². The van der Waals surface area contributed by atoms with Gasteiger partial charge in [-0.15, -0.1) is 0 Å². The largest absolute Gasteiger partial charge is 0.485 e. The second kappa shape index (κ2) is 8.46. The molecule has 0 bridgehead atoms. The summed E-state index contributed by atoms with van der Waals surface area (Å²) in [6.45, 7) is 5.38. The average Bonchev–Trinajstić information content (AvgIpc) is 3.11. The fourth-order valence-electron chi connectivity index (χ4n) is 4.52. The van der Waals surface area contributed by atoms with Crippen LogP contribution in [0.3, 0.4) is 0 Å². The Morgan fingerprint density at radius 1 is 1.14 bits per heavy atom. The van der Waals surface area contributed by atoms with Gasteiger partial charge in [0.2, 0.25) is 5.95 Å². The summed E-state index contributed by atoms with van der Waals surface area (Å²) >= 11 is 0. The van der Waals surface area contributed by atoms with Gasteiger partial charge in [0.25, 0.3) is 5.91 Å². The van der Waals surface area contributed by atoms with E-state index < -0.39 is 23.1 Å². The van der Waals surface area contributed by atoms with E-state index in [2.05, 4.69) is 25.5 Å². The van der Waals surface area contributed by atoms with Crippen molar-refractivity contribution in [2.75, 3.05) is 24.2 Å². The number of halogens is 2. The molecule has 35 heavy (non-hydrogen) atoms. The monoisotopic (exact) mass is 480 g/mol. The van der Waals surface area contributed by atoms with E-state index in [9.17, 15) is 13.6 Å². The smallest absolute Gasteiger partial charge is 0.254 e. The number of hydrogen-bond donors (Lipinski definition) is 3. The van der Waals surface area contributed by atoms with Crippen molar-refractivity contribution in [3.05, 3.63) is 64.4 Å². The van der Waals surface area contributed by atoms with Crippen LogP contribution in [0.2, 0.25) is 0 Å². The van der Waals surface area contributed by atoms with Gasteiger partial charge in [-0.3, -0.25) is 4.79 Å². The van der Waals surface area contributed by atoms with Crippen LogP contribution in [-0.2, 0) is 19.4 Å². The predicted molar refractivity (Wildman–Crippen MR) is 128 cm³/mol. The van der Waals surface area contributed by atoms with Crippen molar-refractivity contribution in [3.8, 4) is 5.75 Å². The Morgan fingerprint density at radius 2 is 1.94 bits per heavy atom. The van der Waals surface area contributed by atoms with Crippen LogP contribution < -0.4 is 21.1 Å². The molecule has 8 nitrogen and oxygen atoms in total.